The molecule has 2 aromatic carbocycles. The number of aliphatic hydroxyl groups is 1. The SMILES string of the molecule is OCc1c2oc3ccccc3cc-2c2ccccc12. The molecule has 0 atom stereocenters. The fourth-order valence-electron chi connectivity index (χ4n) is 2.76. The van der Waals surface area contributed by atoms with Crippen LogP contribution in [0.5, 0.6) is 0 Å². The van der Waals surface area contributed by atoms with Crippen molar-refractivity contribution in [1.82, 2.24) is 0 Å². The molecule has 0 spiro atoms. The molecule has 2 heteroatoms. The topological polar surface area (TPSA) is 33.4 Å². The molecule has 0 bridgehead atoms. The zero-order valence-corrected chi connectivity index (χ0v) is 10.3. The van der Waals surface area contributed by atoms with Gasteiger partial charge in [-0.05, 0) is 22.9 Å². The summed E-state index contributed by atoms with van der Waals surface area (Å²) in [5.74, 6) is 0.794. The number of rotatable bonds is 1. The van der Waals surface area contributed by atoms with Gasteiger partial charge in [-0.25, -0.2) is 0 Å². The van der Waals surface area contributed by atoms with Crippen LogP contribution < -0.4 is 0 Å². The molecule has 0 saturated carbocycles. The molecule has 2 nitrogen and oxygen atoms in total. The second-order valence-electron chi connectivity index (χ2n) is 4.71. The van der Waals surface area contributed by atoms with Crippen LogP contribution >= 0.6 is 0 Å². The van der Waals surface area contributed by atoms with Crippen LogP contribution in [0.2, 0.25) is 0 Å². The van der Waals surface area contributed by atoms with Crippen LogP contribution in [0, 0.1) is 0 Å². The Bertz CT molecular complexity index is 858. The molecule has 1 heterocycles. The van der Waals surface area contributed by atoms with Crippen LogP contribution in [0.15, 0.2) is 59.0 Å². The molecule has 0 amide bonds. The predicted octanol–water partition coefficient (Wildman–Crippen LogP) is 4.18. The van der Waals surface area contributed by atoms with E-state index in [0.717, 1.165) is 38.6 Å². The first-order chi connectivity index (χ1) is 9.38. The average molecular weight is 248 g/mol. The molecule has 92 valence electrons. The molecule has 0 radical (unpaired) electrons. The summed E-state index contributed by atoms with van der Waals surface area (Å²) in [6.07, 6.45) is 0. The molecule has 2 aliphatic rings. The summed E-state index contributed by atoms with van der Waals surface area (Å²) in [6, 6.07) is 18.2. The van der Waals surface area contributed by atoms with Gasteiger partial charge in [0.25, 0.3) is 0 Å². The first-order valence-electron chi connectivity index (χ1n) is 6.31. The summed E-state index contributed by atoms with van der Waals surface area (Å²) in [7, 11) is 0. The van der Waals surface area contributed by atoms with Crippen molar-refractivity contribution < 1.29 is 9.52 Å². The van der Waals surface area contributed by atoms with Gasteiger partial charge >= 0.3 is 0 Å². The van der Waals surface area contributed by atoms with Gasteiger partial charge in [-0.15, -0.1) is 0 Å². The highest BCUT2D eigenvalue weighted by Gasteiger charge is 2.19. The lowest BCUT2D eigenvalue weighted by Crippen LogP contribution is -1.84. The van der Waals surface area contributed by atoms with E-state index in [1.165, 1.54) is 0 Å². The average Bonchev–Trinajstić information content (AvgIpc) is 2.78. The van der Waals surface area contributed by atoms with Crippen molar-refractivity contribution in [2.24, 2.45) is 0 Å². The maximum absolute atomic E-state index is 9.63. The normalized spacial score (nSPS) is 11.6. The fourth-order valence-corrected chi connectivity index (χ4v) is 2.76. The Morgan fingerprint density at radius 2 is 1.63 bits per heavy atom. The van der Waals surface area contributed by atoms with Gasteiger partial charge in [0.1, 0.15) is 11.3 Å². The van der Waals surface area contributed by atoms with Gasteiger partial charge in [0.2, 0.25) is 0 Å². The van der Waals surface area contributed by atoms with Gasteiger partial charge in [-0.3, -0.25) is 0 Å². The monoisotopic (exact) mass is 248 g/mol. The minimum absolute atomic E-state index is 0.00808. The maximum Gasteiger partial charge on any atom is 0.141 e. The molecule has 19 heavy (non-hydrogen) atoms. The van der Waals surface area contributed by atoms with E-state index in [0.29, 0.717) is 0 Å². The third kappa shape index (κ3) is 1.41. The van der Waals surface area contributed by atoms with E-state index >= 15 is 0 Å². The van der Waals surface area contributed by atoms with Crippen LogP contribution in [0.3, 0.4) is 0 Å². The molecule has 4 rings (SSSR count). The second-order valence-corrected chi connectivity index (χ2v) is 4.71. The van der Waals surface area contributed by atoms with Crippen molar-refractivity contribution in [3.8, 4) is 11.3 Å². The number of benzene rings is 2. The number of hydrogen-bond acceptors (Lipinski definition) is 2. The summed E-state index contributed by atoms with van der Waals surface area (Å²) in [6.45, 7) is -0.00808. The Morgan fingerprint density at radius 1 is 0.895 bits per heavy atom. The fraction of sp³-hybridized carbons (Fsp3) is 0.0588. The van der Waals surface area contributed by atoms with E-state index in [2.05, 4.69) is 12.1 Å². The molecule has 2 aromatic rings. The Kier molecular flexibility index (Phi) is 2.14. The van der Waals surface area contributed by atoms with Gasteiger partial charge in [0, 0.05) is 16.5 Å². The highest BCUT2D eigenvalue weighted by Crippen LogP contribution is 2.41. The summed E-state index contributed by atoms with van der Waals surface area (Å²) < 4.78 is 5.99. The molecule has 1 N–H and O–H groups in total. The lowest BCUT2D eigenvalue weighted by atomic mass is 10.1. The van der Waals surface area contributed by atoms with E-state index in [9.17, 15) is 5.11 Å². The number of hydrogen-bond donors (Lipinski definition) is 1. The third-order valence-corrected chi connectivity index (χ3v) is 3.65. The van der Waals surface area contributed by atoms with E-state index in [-0.39, 0.29) is 6.61 Å². The largest absolute Gasteiger partial charge is 0.456 e. The van der Waals surface area contributed by atoms with E-state index in [1.807, 2.05) is 42.5 Å². The van der Waals surface area contributed by atoms with E-state index < -0.39 is 0 Å². The minimum atomic E-state index is -0.00808. The lowest BCUT2D eigenvalue weighted by molar-refractivity contribution is 0.282. The smallest absolute Gasteiger partial charge is 0.141 e. The van der Waals surface area contributed by atoms with E-state index in [1.54, 1.807) is 0 Å². The quantitative estimate of drug-likeness (QED) is 0.548. The molecule has 0 aromatic heterocycles. The van der Waals surface area contributed by atoms with Crippen molar-refractivity contribution in [2.45, 2.75) is 6.61 Å². The molecule has 0 saturated heterocycles. The predicted molar refractivity (Wildman–Crippen MR) is 76.3 cm³/mol. The zero-order valence-electron chi connectivity index (χ0n) is 10.3. The van der Waals surface area contributed by atoms with Crippen LogP contribution in [0.1, 0.15) is 5.56 Å². The zero-order chi connectivity index (χ0) is 12.8. The maximum atomic E-state index is 9.63. The highest BCUT2D eigenvalue weighted by molar-refractivity contribution is 6.06. The standard InChI is InChI=1S/C17H12O2/c18-10-15-13-7-3-2-6-12(13)14-9-11-5-1-4-8-16(11)19-17(14)15/h1-9,18H,10H2. The first-order valence-corrected chi connectivity index (χ1v) is 6.31. The summed E-state index contributed by atoms with van der Waals surface area (Å²) >= 11 is 0. The number of para-hydroxylation sites is 1. The Balaban J connectivity index is 2.26. The van der Waals surface area contributed by atoms with Crippen molar-refractivity contribution in [1.29, 1.82) is 0 Å². The Hall–Kier alpha value is -2.32. The lowest BCUT2D eigenvalue weighted by Gasteiger charge is -2.04. The van der Waals surface area contributed by atoms with Crippen LogP contribution in [-0.2, 0) is 6.61 Å². The number of aliphatic hydroxyl groups excluding tert-OH is 1. The molecular weight excluding hydrogens is 236 g/mol. The van der Waals surface area contributed by atoms with E-state index in [4.69, 9.17) is 4.42 Å². The minimum Gasteiger partial charge on any atom is -0.456 e. The first kappa shape index (κ1) is 10.6. The van der Waals surface area contributed by atoms with Crippen molar-refractivity contribution in [3.05, 3.63) is 60.2 Å². The van der Waals surface area contributed by atoms with Crippen molar-refractivity contribution in [2.75, 3.05) is 0 Å². The molecular formula is C17H12O2. The van der Waals surface area contributed by atoms with Crippen LogP contribution in [0.4, 0.5) is 0 Å². The Labute approximate surface area is 110 Å². The van der Waals surface area contributed by atoms with Crippen molar-refractivity contribution in [3.63, 3.8) is 0 Å². The third-order valence-electron chi connectivity index (χ3n) is 3.65. The summed E-state index contributed by atoms with van der Waals surface area (Å²) in [4.78, 5) is 0. The van der Waals surface area contributed by atoms with Gasteiger partial charge in [0.15, 0.2) is 0 Å². The highest BCUT2D eigenvalue weighted by atomic mass is 16.3. The number of fused-ring (bicyclic) bond motifs is 4. The summed E-state index contributed by atoms with van der Waals surface area (Å²) in [5.41, 5.74) is 2.79. The van der Waals surface area contributed by atoms with Gasteiger partial charge in [-0.1, -0.05) is 42.5 Å². The van der Waals surface area contributed by atoms with Gasteiger partial charge in [-0.2, -0.15) is 0 Å². The molecule has 0 unspecified atom stereocenters. The van der Waals surface area contributed by atoms with Gasteiger partial charge in [0.05, 0.1) is 6.61 Å². The van der Waals surface area contributed by atoms with Crippen molar-refractivity contribution >= 4 is 21.7 Å². The van der Waals surface area contributed by atoms with Crippen LogP contribution in [0.25, 0.3) is 33.1 Å². The summed E-state index contributed by atoms with van der Waals surface area (Å²) in [5, 5.41) is 12.9. The second kappa shape index (κ2) is 3.84. The molecule has 0 fully saturated rings. The van der Waals surface area contributed by atoms with Gasteiger partial charge < -0.3 is 9.52 Å². The van der Waals surface area contributed by atoms with Crippen LogP contribution in [-0.4, -0.2) is 5.11 Å². The molecule has 1 aliphatic carbocycles. The Morgan fingerprint density at radius 3 is 2.47 bits per heavy atom. The molecule has 1 aliphatic heterocycles.